The van der Waals surface area contributed by atoms with Crippen molar-refractivity contribution in [3.63, 3.8) is 0 Å². The summed E-state index contributed by atoms with van der Waals surface area (Å²) in [6, 6.07) is 6.80. The first-order valence-electron chi connectivity index (χ1n) is 4.58. The summed E-state index contributed by atoms with van der Waals surface area (Å²) < 4.78 is 0. The number of nitrogens with zero attached hydrogens (tertiary/aromatic N) is 2. The summed E-state index contributed by atoms with van der Waals surface area (Å²) >= 11 is 5.33. The van der Waals surface area contributed by atoms with Crippen molar-refractivity contribution >= 4 is 28.3 Å². The first kappa shape index (κ1) is 10.6. The third kappa shape index (κ3) is 2.55. The predicted molar refractivity (Wildman–Crippen MR) is 61.9 cm³/mol. The average Bonchev–Trinajstić information content (AvgIpc) is 2.31. The maximum atomic E-state index is 10.8. The van der Waals surface area contributed by atoms with Gasteiger partial charge in [-0.25, -0.2) is 4.98 Å². The van der Waals surface area contributed by atoms with Crippen molar-refractivity contribution in [2.24, 2.45) is 0 Å². The number of anilines is 2. The van der Waals surface area contributed by atoms with Crippen LogP contribution < -0.4 is 5.32 Å². The van der Waals surface area contributed by atoms with E-state index in [4.69, 9.17) is 11.6 Å². The summed E-state index contributed by atoms with van der Waals surface area (Å²) in [7, 11) is 0. The van der Waals surface area contributed by atoms with Crippen molar-refractivity contribution in [1.82, 2.24) is 9.97 Å². The van der Waals surface area contributed by atoms with E-state index in [1.54, 1.807) is 42.9 Å². The third-order valence-corrected chi connectivity index (χ3v) is 2.17. The molecule has 1 heterocycles. The molecule has 0 aliphatic heterocycles. The lowest BCUT2D eigenvalue weighted by molar-refractivity contribution is 0.108. The Labute approximate surface area is 97.3 Å². The van der Waals surface area contributed by atoms with Crippen LogP contribution in [-0.4, -0.2) is 15.2 Å². The molecule has 0 saturated heterocycles. The number of hydrogen-bond acceptors (Lipinski definition) is 4. The normalized spacial score (nSPS) is 9.81. The molecule has 0 aliphatic carbocycles. The van der Waals surface area contributed by atoms with Crippen LogP contribution in [0, 0.1) is 0 Å². The molecule has 2 rings (SSSR count). The molecular formula is C11H8ClN3O. The van der Waals surface area contributed by atoms with Crippen LogP contribution in [0.3, 0.4) is 0 Å². The Hall–Kier alpha value is -1.94. The number of halogens is 1. The summed E-state index contributed by atoms with van der Waals surface area (Å²) in [5.74, 6) is 0.646. The second-order valence-corrected chi connectivity index (χ2v) is 3.41. The summed E-state index contributed by atoms with van der Waals surface area (Å²) in [5.41, 5.74) is 1.29. The lowest BCUT2D eigenvalue weighted by Gasteiger charge is -2.04. The van der Waals surface area contributed by atoms with E-state index in [9.17, 15) is 4.79 Å². The highest BCUT2D eigenvalue weighted by atomic mass is 35.5. The number of nitrogens with one attached hydrogen (secondary N) is 1. The zero-order valence-electron chi connectivity index (χ0n) is 8.22. The van der Waals surface area contributed by atoms with Crippen LogP contribution in [-0.2, 0) is 0 Å². The van der Waals surface area contributed by atoms with Gasteiger partial charge in [0.15, 0.2) is 0 Å². The minimum absolute atomic E-state index is 0.464. The summed E-state index contributed by atoms with van der Waals surface area (Å²) in [5, 5.41) is 2.58. The highest BCUT2D eigenvalue weighted by molar-refractivity contribution is 6.67. The number of rotatable bonds is 3. The molecule has 4 nitrogen and oxygen atoms in total. The molecule has 0 atom stereocenters. The molecule has 80 valence electrons. The average molecular weight is 234 g/mol. The van der Waals surface area contributed by atoms with Crippen molar-refractivity contribution < 1.29 is 4.79 Å². The van der Waals surface area contributed by atoms with Crippen molar-refractivity contribution in [2.45, 2.75) is 0 Å². The fraction of sp³-hybridized carbons (Fsp3) is 0. The van der Waals surface area contributed by atoms with E-state index in [1.165, 1.54) is 0 Å². The van der Waals surface area contributed by atoms with Gasteiger partial charge in [-0.3, -0.25) is 9.78 Å². The molecule has 0 bridgehead atoms. The van der Waals surface area contributed by atoms with Crippen LogP contribution >= 0.6 is 11.6 Å². The van der Waals surface area contributed by atoms with Crippen LogP contribution in [0.15, 0.2) is 42.9 Å². The van der Waals surface area contributed by atoms with Crippen molar-refractivity contribution in [2.75, 3.05) is 5.32 Å². The lowest BCUT2D eigenvalue weighted by atomic mass is 10.2. The Morgan fingerprint density at radius 3 is 2.50 bits per heavy atom. The van der Waals surface area contributed by atoms with Crippen molar-refractivity contribution in [1.29, 1.82) is 0 Å². The molecule has 0 aliphatic rings. The minimum atomic E-state index is -0.467. The fourth-order valence-electron chi connectivity index (χ4n) is 1.20. The van der Waals surface area contributed by atoms with Crippen molar-refractivity contribution in [3.8, 4) is 0 Å². The van der Waals surface area contributed by atoms with Gasteiger partial charge >= 0.3 is 0 Å². The Kier molecular flexibility index (Phi) is 3.12. The Balaban J connectivity index is 2.14. The molecule has 0 spiro atoms. The Bertz CT molecular complexity index is 484. The molecule has 1 aromatic heterocycles. The van der Waals surface area contributed by atoms with Crippen LogP contribution in [0.25, 0.3) is 0 Å². The van der Waals surface area contributed by atoms with E-state index in [0.717, 1.165) is 5.69 Å². The van der Waals surface area contributed by atoms with E-state index in [1.807, 2.05) is 0 Å². The predicted octanol–water partition coefficient (Wildman–Crippen LogP) is 2.60. The largest absolute Gasteiger partial charge is 0.339 e. The first-order chi connectivity index (χ1) is 7.75. The second-order valence-electron chi connectivity index (χ2n) is 3.07. The van der Waals surface area contributed by atoms with Gasteiger partial charge in [0.05, 0.1) is 6.20 Å². The Morgan fingerprint density at radius 2 is 1.94 bits per heavy atom. The molecule has 5 heteroatoms. The zero-order chi connectivity index (χ0) is 11.4. The molecule has 1 aromatic carbocycles. The molecule has 1 N–H and O–H groups in total. The second kappa shape index (κ2) is 4.72. The van der Waals surface area contributed by atoms with Gasteiger partial charge in [-0.05, 0) is 35.9 Å². The number of aromatic nitrogens is 2. The maximum absolute atomic E-state index is 10.8. The molecular weight excluding hydrogens is 226 g/mol. The van der Waals surface area contributed by atoms with Gasteiger partial charge in [0.25, 0.3) is 5.24 Å². The number of hydrogen-bond donors (Lipinski definition) is 1. The van der Waals surface area contributed by atoms with Gasteiger partial charge < -0.3 is 5.32 Å². The van der Waals surface area contributed by atoms with E-state index in [-0.39, 0.29) is 0 Å². The van der Waals surface area contributed by atoms with E-state index in [0.29, 0.717) is 11.4 Å². The smallest absolute Gasteiger partial charge is 0.252 e. The van der Waals surface area contributed by atoms with Gasteiger partial charge in [0.1, 0.15) is 5.82 Å². The summed E-state index contributed by atoms with van der Waals surface area (Å²) in [6.45, 7) is 0. The van der Waals surface area contributed by atoms with Crippen LogP contribution in [0.4, 0.5) is 11.5 Å². The molecule has 2 aromatic rings. The Morgan fingerprint density at radius 1 is 1.19 bits per heavy atom. The van der Waals surface area contributed by atoms with Gasteiger partial charge in [0, 0.05) is 23.6 Å². The molecule has 16 heavy (non-hydrogen) atoms. The number of carbonyl (C=O) groups is 1. The summed E-state index contributed by atoms with van der Waals surface area (Å²) in [4.78, 5) is 18.8. The van der Waals surface area contributed by atoms with E-state index >= 15 is 0 Å². The van der Waals surface area contributed by atoms with Gasteiger partial charge in [0.2, 0.25) is 0 Å². The third-order valence-electron chi connectivity index (χ3n) is 1.95. The minimum Gasteiger partial charge on any atom is -0.339 e. The molecule has 0 radical (unpaired) electrons. The van der Waals surface area contributed by atoms with Crippen molar-refractivity contribution in [3.05, 3.63) is 48.4 Å². The highest BCUT2D eigenvalue weighted by Crippen LogP contribution is 2.15. The zero-order valence-corrected chi connectivity index (χ0v) is 8.98. The van der Waals surface area contributed by atoms with E-state index in [2.05, 4.69) is 15.3 Å². The summed E-state index contributed by atoms with van der Waals surface area (Å²) in [6.07, 6.45) is 4.81. The van der Waals surface area contributed by atoms with Gasteiger partial charge in [-0.15, -0.1) is 0 Å². The highest BCUT2D eigenvalue weighted by Gasteiger charge is 2.01. The van der Waals surface area contributed by atoms with Crippen LogP contribution in [0.5, 0.6) is 0 Å². The number of benzene rings is 1. The number of carbonyl (C=O) groups excluding carboxylic acids is 1. The van der Waals surface area contributed by atoms with Gasteiger partial charge in [-0.1, -0.05) is 0 Å². The standard InChI is InChI=1S/C11H8ClN3O/c12-11(16)8-1-3-9(4-2-8)15-10-7-13-5-6-14-10/h1-7H,(H,14,15). The molecule has 0 unspecified atom stereocenters. The monoisotopic (exact) mass is 233 g/mol. The molecule has 0 amide bonds. The van der Waals surface area contributed by atoms with Crippen LogP contribution in [0.1, 0.15) is 10.4 Å². The molecule has 0 saturated carbocycles. The first-order valence-corrected chi connectivity index (χ1v) is 4.96. The quantitative estimate of drug-likeness (QED) is 0.828. The SMILES string of the molecule is O=C(Cl)c1ccc(Nc2cnccn2)cc1. The maximum Gasteiger partial charge on any atom is 0.252 e. The van der Waals surface area contributed by atoms with Crippen LogP contribution in [0.2, 0.25) is 0 Å². The van der Waals surface area contributed by atoms with E-state index < -0.39 is 5.24 Å². The molecule has 0 fully saturated rings. The lowest BCUT2D eigenvalue weighted by Crippen LogP contribution is -1.94. The fourth-order valence-corrected chi connectivity index (χ4v) is 1.32. The van der Waals surface area contributed by atoms with Gasteiger partial charge in [-0.2, -0.15) is 0 Å². The topological polar surface area (TPSA) is 54.9 Å².